The van der Waals surface area contributed by atoms with Crippen molar-refractivity contribution in [1.82, 2.24) is 0 Å². The lowest BCUT2D eigenvalue weighted by atomic mass is 10.1. The first kappa shape index (κ1) is 12.9. The monoisotopic (exact) mass is 261 g/mol. The van der Waals surface area contributed by atoms with Crippen LogP contribution in [0, 0.1) is 11.6 Å². The summed E-state index contributed by atoms with van der Waals surface area (Å²) in [7, 11) is 0. The summed E-state index contributed by atoms with van der Waals surface area (Å²) in [6, 6.07) is 9.65. The van der Waals surface area contributed by atoms with Crippen LogP contribution < -0.4 is 5.32 Å². The van der Waals surface area contributed by atoms with E-state index in [0.717, 1.165) is 24.3 Å². The molecule has 0 aromatic heterocycles. The molecule has 2 rings (SSSR count). The summed E-state index contributed by atoms with van der Waals surface area (Å²) in [5, 5.41) is 2.33. The van der Waals surface area contributed by atoms with Crippen molar-refractivity contribution in [1.29, 1.82) is 0 Å². The third kappa shape index (κ3) is 3.22. The second kappa shape index (κ2) is 5.39. The van der Waals surface area contributed by atoms with Crippen molar-refractivity contribution in [3.05, 3.63) is 65.7 Å². The minimum atomic E-state index is -0.863. The Kier molecular flexibility index (Phi) is 3.66. The fraction of sp³-hybridized carbons (Fsp3) is 0. The number of ketones is 1. The highest BCUT2D eigenvalue weighted by atomic mass is 19.1. The highest BCUT2D eigenvalue weighted by Gasteiger charge is 2.16. The molecule has 0 radical (unpaired) electrons. The van der Waals surface area contributed by atoms with Crippen LogP contribution in [0.1, 0.15) is 10.4 Å². The molecule has 0 aliphatic carbocycles. The van der Waals surface area contributed by atoms with Gasteiger partial charge in [0.05, 0.1) is 0 Å². The van der Waals surface area contributed by atoms with Gasteiger partial charge < -0.3 is 5.32 Å². The van der Waals surface area contributed by atoms with Crippen LogP contribution in [0.4, 0.5) is 14.5 Å². The van der Waals surface area contributed by atoms with Crippen molar-refractivity contribution >= 4 is 17.4 Å². The zero-order valence-electron chi connectivity index (χ0n) is 9.69. The van der Waals surface area contributed by atoms with Crippen molar-refractivity contribution in [3.63, 3.8) is 0 Å². The Morgan fingerprint density at radius 1 is 0.789 bits per heavy atom. The van der Waals surface area contributed by atoms with Gasteiger partial charge in [-0.25, -0.2) is 8.78 Å². The van der Waals surface area contributed by atoms with E-state index in [9.17, 15) is 18.4 Å². The van der Waals surface area contributed by atoms with Gasteiger partial charge in [0.2, 0.25) is 0 Å². The first-order valence-corrected chi connectivity index (χ1v) is 5.43. The Labute approximate surface area is 107 Å². The fourth-order valence-electron chi connectivity index (χ4n) is 1.45. The molecular weight excluding hydrogens is 252 g/mol. The van der Waals surface area contributed by atoms with Crippen LogP contribution in [0.25, 0.3) is 0 Å². The maximum atomic E-state index is 12.7. The first-order chi connectivity index (χ1) is 9.06. The van der Waals surface area contributed by atoms with Gasteiger partial charge in [-0.3, -0.25) is 9.59 Å². The summed E-state index contributed by atoms with van der Waals surface area (Å²) < 4.78 is 25.4. The predicted octanol–water partition coefficient (Wildman–Crippen LogP) is 2.79. The van der Waals surface area contributed by atoms with Gasteiger partial charge in [0, 0.05) is 11.3 Å². The number of rotatable bonds is 3. The number of anilines is 1. The van der Waals surface area contributed by atoms with Gasteiger partial charge in [-0.1, -0.05) is 0 Å². The van der Waals surface area contributed by atoms with Crippen molar-refractivity contribution in [2.75, 3.05) is 5.32 Å². The van der Waals surface area contributed by atoms with Gasteiger partial charge >= 0.3 is 0 Å². The van der Waals surface area contributed by atoms with Crippen LogP contribution in [0.5, 0.6) is 0 Å². The molecule has 0 atom stereocenters. The van der Waals surface area contributed by atoms with E-state index in [-0.39, 0.29) is 5.56 Å². The smallest absolute Gasteiger partial charge is 0.296 e. The average Bonchev–Trinajstić information content (AvgIpc) is 2.41. The van der Waals surface area contributed by atoms with Gasteiger partial charge in [0.25, 0.3) is 11.7 Å². The Balaban J connectivity index is 2.09. The van der Waals surface area contributed by atoms with E-state index in [4.69, 9.17) is 0 Å². The van der Waals surface area contributed by atoms with Crippen LogP contribution in [0.15, 0.2) is 48.5 Å². The summed E-state index contributed by atoms with van der Waals surface area (Å²) in [5.41, 5.74) is 0.392. The maximum Gasteiger partial charge on any atom is 0.296 e. The molecule has 96 valence electrons. The number of benzene rings is 2. The molecule has 3 nitrogen and oxygen atoms in total. The number of hydrogen-bond donors (Lipinski definition) is 1. The minimum Gasteiger partial charge on any atom is -0.319 e. The van der Waals surface area contributed by atoms with Crippen LogP contribution in [0.3, 0.4) is 0 Å². The molecular formula is C14H9F2NO2. The van der Waals surface area contributed by atoms with Crippen LogP contribution in [-0.4, -0.2) is 11.7 Å². The molecule has 0 saturated heterocycles. The van der Waals surface area contributed by atoms with E-state index >= 15 is 0 Å². The standard InChI is InChI=1S/C14H9F2NO2/c15-10-3-1-9(2-4-10)13(18)14(19)17-12-7-5-11(16)6-8-12/h1-8H,(H,17,19). The van der Waals surface area contributed by atoms with E-state index in [1.165, 1.54) is 24.3 Å². The third-order valence-corrected chi connectivity index (χ3v) is 2.41. The molecule has 0 aliphatic rings. The molecule has 0 saturated carbocycles. The van der Waals surface area contributed by atoms with Crippen molar-refractivity contribution < 1.29 is 18.4 Å². The lowest BCUT2D eigenvalue weighted by Crippen LogP contribution is -2.22. The van der Waals surface area contributed by atoms with Crippen LogP contribution in [0.2, 0.25) is 0 Å². The molecule has 0 fully saturated rings. The molecule has 2 aromatic carbocycles. The number of nitrogens with one attached hydrogen (secondary N) is 1. The molecule has 2 aromatic rings. The van der Waals surface area contributed by atoms with Crippen molar-refractivity contribution in [2.45, 2.75) is 0 Å². The van der Waals surface area contributed by atoms with Crippen LogP contribution >= 0.6 is 0 Å². The topological polar surface area (TPSA) is 46.2 Å². The lowest BCUT2D eigenvalue weighted by Gasteiger charge is -2.04. The van der Waals surface area contributed by atoms with Crippen LogP contribution in [-0.2, 0) is 4.79 Å². The molecule has 19 heavy (non-hydrogen) atoms. The number of amides is 1. The fourth-order valence-corrected chi connectivity index (χ4v) is 1.45. The van der Waals surface area contributed by atoms with E-state index in [1.807, 2.05) is 0 Å². The summed E-state index contributed by atoms with van der Waals surface area (Å²) in [6.45, 7) is 0. The normalized spacial score (nSPS) is 10.0. The average molecular weight is 261 g/mol. The van der Waals surface area contributed by atoms with Gasteiger partial charge in [-0.05, 0) is 48.5 Å². The highest BCUT2D eigenvalue weighted by Crippen LogP contribution is 2.10. The molecule has 0 aliphatic heterocycles. The molecule has 0 spiro atoms. The van der Waals surface area contributed by atoms with Gasteiger partial charge in [0.1, 0.15) is 11.6 Å². The number of carbonyl (C=O) groups excluding carboxylic acids is 2. The molecule has 0 bridgehead atoms. The highest BCUT2D eigenvalue weighted by molar-refractivity contribution is 6.46. The van der Waals surface area contributed by atoms with Gasteiger partial charge in [-0.2, -0.15) is 0 Å². The molecule has 1 N–H and O–H groups in total. The number of carbonyl (C=O) groups is 2. The molecule has 1 amide bonds. The Bertz CT molecular complexity index is 606. The lowest BCUT2D eigenvalue weighted by molar-refractivity contribution is -0.112. The Morgan fingerprint density at radius 2 is 1.26 bits per heavy atom. The third-order valence-electron chi connectivity index (χ3n) is 2.41. The second-order valence-corrected chi connectivity index (χ2v) is 3.80. The maximum absolute atomic E-state index is 12.7. The Hall–Kier alpha value is -2.56. The van der Waals surface area contributed by atoms with E-state index in [1.54, 1.807) is 0 Å². The van der Waals surface area contributed by atoms with E-state index in [0.29, 0.717) is 5.69 Å². The Morgan fingerprint density at radius 3 is 1.79 bits per heavy atom. The second-order valence-electron chi connectivity index (χ2n) is 3.80. The van der Waals surface area contributed by atoms with Gasteiger partial charge in [0.15, 0.2) is 0 Å². The zero-order chi connectivity index (χ0) is 13.8. The minimum absolute atomic E-state index is 0.0843. The zero-order valence-corrected chi connectivity index (χ0v) is 9.69. The van der Waals surface area contributed by atoms with Crippen molar-refractivity contribution in [2.24, 2.45) is 0 Å². The summed E-state index contributed by atoms with van der Waals surface area (Å²) >= 11 is 0. The van der Waals surface area contributed by atoms with Crippen molar-refractivity contribution in [3.8, 4) is 0 Å². The molecule has 0 heterocycles. The van der Waals surface area contributed by atoms with E-state index in [2.05, 4.69) is 5.32 Å². The number of Topliss-reactive ketones (excluding diaryl/α,β-unsaturated/α-hetero) is 1. The number of hydrogen-bond acceptors (Lipinski definition) is 2. The predicted molar refractivity (Wildman–Crippen MR) is 65.8 cm³/mol. The largest absolute Gasteiger partial charge is 0.319 e. The van der Waals surface area contributed by atoms with Gasteiger partial charge in [-0.15, -0.1) is 0 Å². The molecule has 0 unspecified atom stereocenters. The quantitative estimate of drug-likeness (QED) is 0.682. The summed E-state index contributed by atoms with van der Waals surface area (Å²) in [4.78, 5) is 23.4. The summed E-state index contributed by atoms with van der Waals surface area (Å²) in [6.07, 6.45) is 0. The first-order valence-electron chi connectivity index (χ1n) is 5.43. The number of halogens is 2. The molecule has 5 heteroatoms. The SMILES string of the molecule is O=C(Nc1ccc(F)cc1)C(=O)c1ccc(F)cc1. The van der Waals surface area contributed by atoms with E-state index < -0.39 is 23.3 Å². The summed E-state index contributed by atoms with van der Waals surface area (Å²) in [5.74, 6) is -2.58.